The molecule has 0 spiro atoms. The Bertz CT molecular complexity index is 1090. The summed E-state index contributed by atoms with van der Waals surface area (Å²) in [6.45, 7) is 0.123. The maximum Gasteiger partial charge on any atom is 0.411 e. The zero-order chi connectivity index (χ0) is 22.4. The van der Waals surface area contributed by atoms with Gasteiger partial charge in [-0.1, -0.05) is 0 Å². The number of methoxy groups -OCH3 is 1. The highest BCUT2D eigenvalue weighted by Gasteiger charge is 2.27. The smallest absolute Gasteiger partial charge is 0.411 e. The van der Waals surface area contributed by atoms with Crippen LogP contribution in [0.3, 0.4) is 0 Å². The molecule has 11 heteroatoms. The Morgan fingerprint density at radius 3 is 2.61 bits per heavy atom. The normalized spacial score (nSPS) is 11.2. The van der Waals surface area contributed by atoms with Gasteiger partial charge in [-0.2, -0.15) is 18.4 Å². The lowest BCUT2D eigenvalue weighted by atomic mass is 10.2. The van der Waals surface area contributed by atoms with Gasteiger partial charge in [-0.15, -0.1) is 0 Å². The number of ether oxygens (including phenoxy) is 2. The third kappa shape index (κ3) is 6.16. The van der Waals surface area contributed by atoms with Gasteiger partial charge in [0.05, 0.1) is 55.3 Å². The molecule has 0 aliphatic carbocycles. The molecule has 0 aliphatic heterocycles. The summed E-state index contributed by atoms with van der Waals surface area (Å²) in [5.41, 5.74) is 2.81. The van der Waals surface area contributed by atoms with Crippen LogP contribution in [0.1, 0.15) is 17.1 Å². The summed E-state index contributed by atoms with van der Waals surface area (Å²) in [6.07, 6.45) is -0.934. The Balaban J connectivity index is 1.82. The van der Waals surface area contributed by atoms with E-state index >= 15 is 0 Å². The zero-order valence-electron chi connectivity index (χ0n) is 16.8. The van der Waals surface area contributed by atoms with Gasteiger partial charge in [0.1, 0.15) is 12.4 Å². The van der Waals surface area contributed by atoms with E-state index in [1.165, 1.54) is 13.2 Å². The Morgan fingerprint density at radius 2 is 1.97 bits per heavy atom. The number of nitriles is 1. The first-order valence-electron chi connectivity index (χ1n) is 9.11. The van der Waals surface area contributed by atoms with Gasteiger partial charge in [-0.3, -0.25) is 0 Å². The Hall–Kier alpha value is -3.65. The fraction of sp³-hybridized carbons (Fsp3) is 0.300. The number of hydrogen-bond acceptors (Lipinski definition) is 7. The number of anilines is 2. The molecule has 3 rings (SSSR count). The monoisotopic (exact) mass is 432 g/mol. The van der Waals surface area contributed by atoms with E-state index in [9.17, 15) is 13.2 Å². The molecule has 0 atom stereocenters. The average Bonchev–Trinajstić information content (AvgIpc) is 3.13. The molecule has 0 aliphatic rings. The summed E-state index contributed by atoms with van der Waals surface area (Å²) in [7, 11) is 1.53. The lowest BCUT2D eigenvalue weighted by Gasteiger charge is -2.13. The van der Waals surface area contributed by atoms with Gasteiger partial charge >= 0.3 is 6.18 Å². The van der Waals surface area contributed by atoms with Crippen LogP contribution in [0, 0.1) is 18.3 Å². The first kappa shape index (κ1) is 22.0. The number of hydrogen-bond donors (Lipinski definition) is 1. The van der Waals surface area contributed by atoms with Gasteiger partial charge in [0, 0.05) is 18.0 Å². The molecule has 0 amide bonds. The molecular weight excluding hydrogens is 413 g/mol. The van der Waals surface area contributed by atoms with E-state index in [1.807, 2.05) is 29.8 Å². The fourth-order valence-corrected chi connectivity index (χ4v) is 2.78. The second kappa shape index (κ2) is 9.44. The van der Waals surface area contributed by atoms with E-state index in [1.54, 1.807) is 18.5 Å². The minimum atomic E-state index is -4.43. The maximum absolute atomic E-state index is 12.3. The van der Waals surface area contributed by atoms with E-state index in [0.717, 1.165) is 11.4 Å². The molecule has 0 fully saturated rings. The minimum absolute atomic E-state index is 0.0221. The molecule has 8 nitrogen and oxygen atoms in total. The van der Waals surface area contributed by atoms with E-state index in [2.05, 4.69) is 25.0 Å². The number of nitrogens with zero attached hydrogens (tertiary/aromatic N) is 5. The number of imidazole rings is 1. The molecule has 2 heterocycles. The zero-order valence-corrected chi connectivity index (χ0v) is 16.8. The van der Waals surface area contributed by atoms with Crippen LogP contribution >= 0.6 is 0 Å². The van der Waals surface area contributed by atoms with E-state index in [4.69, 9.17) is 10.00 Å². The third-order valence-corrected chi connectivity index (χ3v) is 4.03. The van der Waals surface area contributed by atoms with Crippen molar-refractivity contribution in [3.63, 3.8) is 0 Å². The highest BCUT2D eigenvalue weighted by molar-refractivity contribution is 5.62. The fourth-order valence-electron chi connectivity index (χ4n) is 2.78. The second-order valence-corrected chi connectivity index (χ2v) is 6.55. The van der Waals surface area contributed by atoms with Gasteiger partial charge in [-0.05, 0) is 25.1 Å². The molecule has 1 aromatic carbocycles. The van der Waals surface area contributed by atoms with Crippen LogP contribution < -0.4 is 10.1 Å². The highest BCUT2D eigenvalue weighted by Crippen LogP contribution is 2.28. The number of aromatic nitrogens is 4. The van der Waals surface area contributed by atoms with Crippen molar-refractivity contribution in [3.05, 3.63) is 53.9 Å². The molecule has 0 saturated carbocycles. The predicted molar refractivity (Wildman–Crippen MR) is 105 cm³/mol. The van der Waals surface area contributed by atoms with E-state index in [-0.39, 0.29) is 24.7 Å². The number of aryl methyl sites for hydroxylation is 1. The van der Waals surface area contributed by atoms with Crippen LogP contribution in [0.25, 0.3) is 5.69 Å². The SMILES string of the molecule is COc1cc(Nc2nc(CC#N)cc(COCC(F)(F)F)n2)ccc1-n1cnc(C)c1. The molecule has 0 unspecified atom stereocenters. The summed E-state index contributed by atoms with van der Waals surface area (Å²) < 4.78 is 48.9. The van der Waals surface area contributed by atoms with Gasteiger partial charge in [0.2, 0.25) is 5.95 Å². The largest absolute Gasteiger partial charge is 0.494 e. The summed E-state index contributed by atoms with van der Waals surface area (Å²) in [4.78, 5) is 12.6. The topological polar surface area (TPSA) is 97.9 Å². The second-order valence-electron chi connectivity index (χ2n) is 6.55. The molecule has 2 aromatic heterocycles. The van der Waals surface area contributed by atoms with E-state index in [0.29, 0.717) is 17.1 Å². The number of benzene rings is 1. The molecule has 162 valence electrons. The van der Waals surface area contributed by atoms with Crippen LogP contribution in [-0.2, 0) is 17.8 Å². The van der Waals surface area contributed by atoms with Gasteiger partial charge < -0.3 is 19.4 Å². The number of halogens is 3. The van der Waals surface area contributed by atoms with Crippen LogP contribution in [0.2, 0.25) is 0 Å². The molecule has 0 saturated heterocycles. The molecule has 0 radical (unpaired) electrons. The first-order chi connectivity index (χ1) is 14.8. The summed E-state index contributed by atoms with van der Waals surface area (Å²) >= 11 is 0. The lowest BCUT2D eigenvalue weighted by Crippen LogP contribution is -2.17. The van der Waals surface area contributed by atoms with E-state index < -0.39 is 12.8 Å². The van der Waals surface area contributed by atoms with Gasteiger partial charge in [-0.25, -0.2) is 15.0 Å². The number of alkyl halides is 3. The summed E-state index contributed by atoms with van der Waals surface area (Å²) in [6, 6.07) is 8.71. The van der Waals surface area contributed by atoms with Crippen LogP contribution in [0.5, 0.6) is 5.75 Å². The Labute approximate surface area is 176 Å². The van der Waals surface area contributed by atoms with Crippen molar-refractivity contribution < 1.29 is 22.6 Å². The van der Waals surface area contributed by atoms with Crippen molar-refractivity contribution in [2.45, 2.75) is 26.1 Å². The molecule has 31 heavy (non-hydrogen) atoms. The molecule has 0 bridgehead atoms. The number of rotatable bonds is 8. The first-order valence-corrected chi connectivity index (χ1v) is 9.11. The minimum Gasteiger partial charge on any atom is -0.494 e. The van der Waals surface area contributed by atoms with Crippen LogP contribution in [-0.4, -0.2) is 39.4 Å². The third-order valence-electron chi connectivity index (χ3n) is 4.03. The standard InChI is InChI=1S/C20H19F3N6O2/c1-13-9-29(12-25-13)17-4-3-14(8-18(17)30-2)26-19-27-15(5-6-24)7-16(28-19)10-31-11-20(21,22)23/h3-4,7-9,12H,5,10-11H2,1-2H3,(H,26,27,28). The molecular formula is C20H19F3N6O2. The van der Waals surface area contributed by atoms with Gasteiger partial charge in [0.25, 0.3) is 0 Å². The highest BCUT2D eigenvalue weighted by atomic mass is 19.4. The molecule has 3 aromatic rings. The van der Waals surface area contributed by atoms with Crippen molar-refractivity contribution in [3.8, 4) is 17.5 Å². The van der Waals surface area contributed by atoms with Crippen molar-refractivity contribution in [1.29, 1.82) is 5.26 Å². The van der Waals surface area contributed by atoms with Crippen molar-refractivity contribution in [2.75, 3.05) is 19.0 Å². The Morgan fingerprint density at radius 1 is 1.19 bits per heavy atom. The molecule has 1 N–H and O–H groups in total. The van der Waals surface area contributed by atoms with Crippen molar-refractivity contribution >= 4 is 11.6 Å². The summed E-state index contributed by atoms with van der Waals surface area (Å²) in [5.74, 6) is 0.691. The maximum atomic E-state index is 12.3. The van der Waals surface area contributed by atoms with Crippen molar-refractivity contribution in [1.82, 2.24) is 19.5 Å². The average molecular weight is 432 g/mol. The number of nitrogens with one attached hydrogen (secondary N) is 1. The van der Waals surface area contributed by atoms with Crippen LogP contribution in [0.4, 0.5) is 24.8 Å². The lowest BCUT2D eigenvalue weighted by molar-refractivity contribution is -0.176. The Kier molecular flexibility index (Phi) is 6.71. The van der Waals surface area contributed by atoms with Crippen LogP contribution in [0.15, 0.2) is 36.8 Å². The van der Waals surface area contributed by atoms with Crippen molar-refractivity contribution in [2.24, 2.45) is 0 Å². The predicted octanol–water partition coefficient (Wildman–Crippen LogP) is 3.87. The summed E-state index contributed by atoms with van der Waals surface area (Å²) in [5, 5.41) is 11.9. The van der Waals surface area contributed by atoms with Gasteiger partial charge in [0.15, 0.2) is 0 Å². The quantitative estimate of drug-likeness (QED) is 0.577.